The van der Waals surface area contributed by atoms with Crippen molar-refractivity contribution >= 4 is 10.2 Å². The molecule has 2 unspecified atom stereocenters. The highest BCUT2D eigenvalue weighted by Gasteiger charge is 2.55. The third kappa shape index (κ3) is 2.23. The second-order valence-electron chi connectivity index (χ2n) is 5.86. The first-order valence-corrected chi connectivity index (χ1v) is 7.72. The lowest BCUT2D eigenvalue weighted by Crippen LogP contribution is -2.59. The van der Waals surface area contributed by atoms with Gasteiger partial charge in [0.05, 0.1) is 6.10 Å². The Morgan fingerprint density at radius 1 is 1.35 bits per heavy atom. The summed E-state index contributed by atoms with van der Waals surface area (Å²) in [6, 6.07) is 0. The molecule has 6 heteroatoms. The van der Waals surface area contributed by atoms with E-state index in [1.165, 1.54) is 4.31 Å². The van der Waals surface area contributed by atoms with Crippen LogP contribution in [0.5, 0.6) is 0 Å². The normalized spacial score (nSPS) is 33.9. The predicted octanol–water partition coefficient (Wildman–Crippen LogP) is 0.309. The summed E-state index contributed by atoms with van der Waals surface area (Å²) < 4.78 is 23.7. The summed E-state index contributed by atoms with van der Waals surface area (Å²) in [5.41, 5.74) is -0.0455. The molecule has 1 saturated carbocycles. The van der Waals surface area contributed by atoms with Crippen LogP contribution in [0.4, 0.5) is 0 Å². The van der Waals surface area contributed by atoms with Gasteiger partial charge in [-0.3, -0.25) is 0 Å². The third-order valence-electron chi connectivity index (χ3n) is 4.61. The van der Waals surface area contributed by atoms with E-state index in [0.717, 1.165) is 19.3 Å². The molecule has 0 bridgehead atoms. The van der Waals surface area contributed by atoms with Crippen LogP contribution in [0.3, 0.4) is 0 Å². The molecule has 2 atom stereocenters. The second kappa shape index (κ2) is 4.19. The quantitative estimate of drug-likeness (QED) is 0.751. The van der Waals surface area contributed by atoms with Crippen molar-refractivity contribution in [3.63, 3.8) is 0 Å². The summed E-state index contributed by atoms with van der Waals surface area (Å²) in [5.74, 6) is 0.864. The first-order chi connectivity index (χ1) is 7.76. The van der Waals surface area contributed by atoms with Gasteiger partial charge in [0.1, 0.15) is 0 Å². The summed E-state index contributed by atoms with van der Waals surface area (Å²) in [7, 11) is -3.56. The highest BCUT2D eigenvalue weighted by Crippen LogP contribution is 2.55. The number of nitrogens with two attached hydrogens (primary N) is 1. The van der Waals surface area contributed by atoms with Crippen molar-refractivity contribution in [1.82, 2.24) is 4.31 Å². The van der Waals surface area contributed by atoms with E-state index in [4.69, 9.17) is 5.14 Å². The molecule has 2 rings (SSSR count). The van der Waals surface area contributed by atoms with Gasteiger partial charge in [0, 0.05) is 13.1 Å². The Bertz CT molecular complexity index is 386. The number of aliphatic hydroxyl groups is 1. The van der Waals surface area contributed by atoms with Crippen LogP contribution >= 0.6 is 0 Å². The largest absolute Gasteiger partial charge is 0.392 e. The van der Waals surface area contributed by atoms with E-state index >= 15 is 0 Å². The van der Waals surface area contributed by atoms with Crippen LogP contribution in [0.1, 0.15) is 33.1 Å². The molecule has 2 fully saturated rings. The van der Waals surface area contributed by atoms with Gasteiger partial charge in [0.25, 0.3) is 10.2 Å². The molecule has 2 aliphatic rings. The summed E-state index contributed by atoms with van der Waals surface area (Å²) in [6.45, 7) is 5.14. The lowest BCUT2D eigenvalue weighted by Gasteiger charge is -2.57. The van der Waals surface area contributed by atoms with Gasteiger partial charge in [0.2, 0.25) is 0 Å². The van der Waals surface area contributed by atoms with Gasteiger partial charge in [-0.25, -0.2) is 5.14 Å². The molecule has 0 aromatic carbocycles. The lowest BCUT2D eigenvalue weighted by atomic mass is 9.53. The highest BCUT2D eigenvalue weighted by molar-refractivity contribution is 7.86. The van der Waals surface area contributed by atoms with Crippen molar-refractivity contribution in [2.45, 2.75) is 39.2 Å². The van der Waals surface area contributed by atoms with Crippen LogP contribution in [0.2, 0.25) is 0 Å². The van der Waals surface area contributed by atoms with Crippen molar-refractivity contribution in [3.8, 4) is 0 Å². The molecule has 17 heavy (non-hydrogen) atoms. The zero-order chi connectivity index (χ0) is 12.8. The maximum atomic E-state index is 11.2. The van der Waals surface area contributed by atoms with Gasteiger partial charge in [-0.05, 0) is 36.5 Å². The minimum absolute atomic E-state index is 0.0455. The second-order valence-corrected chi connectivity index (χ2v) is 7.41. The Kier molecular flexibility index (Phi) is 3.27. The first-order valence-electron chi connectivity index (χ1n) is 6.22. The Morgan fingerprint density at radius 2 is 1.88 bits per heavy atom. The van der Waals surface area contributed by atoms with Crippen LogP contribution in [0, 0.1) is 17.3 Å². The molecule has 1 spiro atoms. The van der Waals surface area contributed by atoms with Crippen LogP contribution in [-0.2, 0) is 10.2 Å². The Hall–Kier alpha value is -0.170. The average molecular weight is 262 g/mol. The number of piperidine rings is 1. The summed E-state index contributed by atoms with van der Waals surface area (Å²) >= 11 is 0. The molecular formula is C11H22N2O3S. The molecule has 100 valence electrons. The molecule has 0 radical (unpaired) electrons. The lowest BCUT2D eigenvalue weighted by molar-refractivity contribution is -0.156. The fourth-order valence-corrected chi connectivity index (χ4v) is 3.97. The minimum atomic E-state index is -3.56. The monoisotopic (exact) mass is 262 g/mol. The number of nitrogens with zero attached hydrogens (tertiary/aromatic N) is 1. The minimum Gasteiger partial charge on any atom is -0.392 e. The SMILES string of the molecule is CC(C)C1CC2(CCN(S(N)(=O)=O)CC2)C1O. The average Bonchev–Trinajstić information content (AvgIpc) is 2.24. The van der Waals surface area contributed by atoms with E-state index in [-0.39, 0.29) is 11.5 Å². The molecular weight excluding hydrogens is 240 g/mol. The summed E-state index contributed by atoms with van der Waals surface area (Å²) in [4.78, 5) is 0. The van der Waals surface area contributed by atoms with Crippen LogP contribution in [0.15, 0.2) is 0 Å². The number of hydrogen-bond donors (Lipinski definition) is 2. The zero-order valence-corrected chi connectivity index (χ0v) is 11.3. The van der Waals surface area contributed by atoms with E-state index in [1.54, 1.807) is 0 Å². The van der Waals surface area contributed by atoms with E-state index in [1.807, 2.05) is 0 Å². The Labute approximate surface area is 103 Å². The highest BCUT2D eigenvalue weighted by atomic mass is 32.2. The maximum absolute atomic E-state index is 11.2. The number of hydrogen-bond acceptors (Lipinski definition) is 3. The predicted molar refractivity (Wildman–Crippen MR) is 65.3 cm³/mol. The first kappa shape index (κ1) is 13.3. The van der Waals surface area contributed by atoms with Crippen molar-refractivity contribution in [2.24, 2.45) is 22.4 Å². The number of aliphatic hydroxyl groups excluding tert-OH is 1. The molecule has 5 nitrogen and oxygen atoms in total. The van der Waals surface area contributed by atoms with E-state index < -0.39 is 10.2 Å². The molecule has 3 N–H and O–H groups in total. The summed E-state index contributed by atoms with van der Waals surface area (Å²) in [6.07, 6.45) is 2.21. The number of rotatable bonds is 2. The molecule has 1 heterocycles. The molecule has 0 amide bonds. The fraction of sp³-hybridized carbons (Fsp3) is 1.00. The summed E-state index contributed by atoms with van der Waals surface area (Å²) in [5, 5.41) is 15.3. The molecule has 1 aliphatic heterocycles. The van der Waals surface area contributed by atoms with Crippen LogP contribution in [-0.4, -0.2) is 37.0 Å². The van der Waals surface area contributed by atoms with Crippen molar-refractivity contribution in [2.75, 3.05) is 13.1 Å². The van der Waals surface area contributed by atoms with Gasteiger partial charge < -0.3 is 5.11 Å². The molecule has 0 aromatic heterocycles. The topological polar surface area (TPSA) is 83.6 Å². The molecule has 1 saturated heterocycles. The van der Waals surface area contributed by atoms with Crippen LogP contribution in [0.25, 0.3) is 0 Å². The van der Waals surface area contributed by atoms with Crippen molar-refractivity contribution in [1.29, 1.82) is 0 Å². The van der Waals surface area contributed by atoms with E-state index in [9.17, 15) is 13.5 Å². The maximum Gasteiger partial charge on any atom is 0.276 e. The zero-order valence-electron chi connectivity index (χ0n) is 10.5. The molecule has 0 aromatic rings. The van der Waals surface area contributed by atoms with Gasteiger partial charge in [-0.2, -0.15) is 12.7 Å². The van der Waals surface area contributed by atoms with E-state index in [2.05, 4.69) is 13.8 Å². The van der Waals surface area contributed by atoms with Gasteiger partial charge >= 0.3 is 0 Å². The van der Waals surface area contributed by atoms with Gasteiger partial charge in [-0.15, -0.1) is 0 Å². The Balaban J connectivity index is 1.97. The van der Waals surface area contributed by atoms with Crippen molar-refractivity contribution < 1.29 is 13.5 Å². The molecule has 1 aliphatic carbocycles. The standard InChI is InChI=1S/C11H22N2O3S/c1-8(2)9-7-11(10(9)14)3-5-13(6-4-11)17(12,15)16/h8-10,14H,3-7H2,1-2H3,(H2,12,15,16). The van der Waals surface area contributed by atoms with Gasteiger partial charge in [0.15, 0.2) is 0 Å². The smallest absolute Gasteiger partial charge is 0.276 e. The third-order valence-corrected chi connectivity index (χ3v) is 5.69. The van der Waals surface area contributed by atoms with Crippen LogP contribution < -0.4 is 5.14 Å². The fourth-order valence-electron chi connectivity index (χ4n) is 3.28. The van der Waals surface area contributed by atoms with E-state index in [0.29, 0.717) is 24.9 Å². The Morgan fingerprint density at radius 3 is 2.24 bits per heavy atom. The van der Waals surface area contributed by atoms with Crippen molar-refractivity contribution in [3.05, 3.63) is 0 Å². The van der Waals surface area contributed by atoms with Gasteiger partial charge in [-0.1, -0.05) is 13.8 Å².